The van der Waals surface area contributed by atoms with Gasteiger partial charge >= 0.3 is 5.97 Å². The van der Waals surface area contributed by atoms with E-state index in [9.17, 15) is 13.6 Å². The first-order valence-electron chi connectivity index (χ1n) is 13.8. The molecule has 2 aliphatic rings. The van der Waals surface area contributed by atoms with Gasteiger partial charge in [0.05, 0.1) is 5.56 Å². The number of benzene rings is 2. The lowest BCUT2D eigenvalue weighted by molar-refractivity contribution is 0.0733. The lowest BCUT2D eigenvalue weighted by Crippen LogP contribution is -2.30. The van der Waals surface area contributed by atoms with Gasteiger partial charge in [0.2, 0.25) is 0 Å². The molecule has 198 valence electrons. The summed E-state index contributed by atoms with van der Waals surface area (Å²) in [6, 6.07) is 7.26. The predicted octanol–water partition coefficient (Wildman–Crippen LogP) is 8.86. The van der Waals surface area contributed by atoms with Gasteiger partial charge in [0, 0.05) is 12.1 Å². The number of fused-ring (bicyclic) bond motifs is 1. The van der Waals surface area contributed by atoms with E-state index in [1.54, 1.807) is 6.07 Å². The number of hydrogen-bond donors (Lipinski definition) is 0. The molecule has 3 nitrogen and oxygen atoms in total. The maximum atomic E-state index is 15.1. The van der Waals surface area contributed by atoms with E-state index in [0.29, 0.717) is 11.5 Å². The number of carbonyl (C=O) groups excluding carboxylic acids is 1. The van der Waals surface area contributed by atoms with Crippen molar-refractivity contribution in [3.05, 3.63) is 64.5 Å². The van der Waals surface area contributed by atoms with Crippen molar-refractivity contribution in [3.8, 4) is 11.8 Å². The normalized spacial score (nSPS) is 23.2. The Balaban J connectivity index is 1.32. The molecule has 0 aromatic heterocycles. The molecule has 0 heterocycles. The fraction of sp³-hybridized carbons (Fsp3) is 0.548. The summed E-state index contributed by atoms with van der Waals surface area (Å²) in [6.45, 7) is 2.25. The Morgan fingerprint density at radius 3 is 2.32 bits per heavy atom. The van der Waals surface area contributed by atoms with Crippen molar-refractivity contribution in [2.75, 3.05) is 0 Å². The van der Waals surface area contributed by atoms with Crippen LogP contribution in [0.25, 0.3) is 0 Å². The minimum absolute atomic E-state index is 0.0282. The molecular weight excluding hydrogens is 475 g/mol. The van der Waals surface area contributed by atoms with E-state index < -0.39 is 29.0 Å². The summed E-state index contributed by atoms with van der Waals surface area (Å²) in [6.07, 6.45) is 14.9. The second-order valence-corrected chi connectivity index (χ2v) is 10.9. The third-order valence-electron chi connectivity index (χ3n) is 8.45. The van der Waals surface area contributed by atoms with Crippen molar-refractivity contribution in [2.24, 2.45) is 17.8 Å². The molecule has 2 aromatic carbocycles. The first kappa shape index (κ1) is 27.2. The molecule has 2 aliphatic carbocycles. The minimum Gasteiger partial charge on any atom is -0.423 e. The van der Waals surface area contributed by atoms with Gasteiger partial charge in [0.1, 0.15) is 34.8 Å². The summed E-state index contributed by atoms with van der Waals surface area (Å²) < 4.78 is 47.8. The SMILES string of the molecule is CCCCCCCC1CCC2CC(c3ccc(C(=O)Oc4cc(F)c(C#N)c(F)c4)cc3F)CCC2C1. The van der Waals surface area contributed by atoms with E-state index >= 15 is 4.39 Å². The van der Waals surface area contributed by atoms with Crippen LogP contribution in [0.3, 0.4) is 0 Å². The summed E-state index contributed by atoms with van der Waals surface area (Å²) in [5, 5.41) is 8.77. The lowest BCUT2D eigenvalue weighted by atomic mass is 9.63. The standard InChI is InChI=1S/C31H36F3NO2/c1-2-3-4-5-6-7-20-8-9-22-15-23(11-10-21(22)14-20)26-13-12-24(16-28(26)32)31(36)37-25-17-29(33)27(19-35)30(34)18-25/h12-13,16-18,20-23H,2-11,14-15H2,1H3. The van der Waals surface area contributed by atoms with Crippen LogP contribution in [0.4, 0.5) is 13.2 Å². The Morgan fingerprint density at radius 1 is 0.919 bits per heavy atom. The molecule has 2 saturated carbocycles. The van der Waals surface area contributed by atoms with Gasteiger partial charge in [-0.25, -0.2) is 18.0 Å². The molecule has 0 aliphatic heterocycles. The van der Waals surface area contributed by atoms with E-state index in [4.69, 9.17) is 10.00 Å². The number of unbranched alkanes of at least 4 members (excludes halogenated alkanes) is 4. The first-order valence-corrected chi connectivity index (χ1v) is 13.8. The summed E-state index contributed by atoms with van der Waals surface area (Å²) in [7, 11) is 0. The molecule has 6 heteroatoms. The van der Waals surface area contributed by atoms with Crippen LogP contribution in [0.5, 0.6) is 5.75 Å². The van der Waals surface area contributed by atoms with Gasteiger partial charge in [0.25, 0.3) is 0 Å². The van der Waals surface area contributed by atoms with Crippen molar-refractivity contribution in [1.82, 2.24) is 0 Å². The number of esters is 1. The highest BCUT2D eigenvalue weighted by atomic mass is 19.1. The fourth-order valence-corrected chi connectivity index (χ4v) is 6.43. The summed E-state index contributed by atoms with van der Waals surface area (Å²) >= 11 is 0. The Kier molecular flexibility index (Phi) is 9.29. The summed E-state index contributed by atoms with van der Waals surface area (Å²) in [4.78, 5) is 12.5. The van der Waals surface area contributed by atoms with Crippen LogP contribution in [0.15, 0.2) is 30.3 Å². The van der Waals surface area contributed by atoms with Crippen LogP contribution in [0.1, 0.15) is 111 Å². The van der Waals surface area contributed by atoms with E-state index in [2.05, 4.69) is 6.92 Å². The predicted molar refractivity (Wildman–Crippen MR) is 137 cm³/mol. The molecule has 2 aromatic rings. The minimum atomic E-state index is -1.12. The zero-order valence-electron chi connectivity index (χ0n) is 21.6. The number of nitriles is 1. The maximum Gasteiger partial charge on any atom is 0.343 e. The lowest BCUT2D eigenvalue weighted by Gasteiger charge is -2.42. The largest absolute Gasteiger partial charge is 0.423 e. The molecule has 0 saturated heterocycles. The third-order valence-corrected chi connectivity index (χ3v) is 8.45. The van der Waals surface area contributed by atoms with Crippen LogP contribution in [-0.2, 0) is 0 Å². The van der Waals surface area contributed by atoms with Crippen molar-refractivity contribution >= 4 is 5.97 Å². The van der Waals surface area contributed by atoms with Gasteiger partial charge in [-0.15, -0.1) is 0 Å². The molecule has 4 unspecified atom stereocenters. The van der Waals surface area contributed by atoms with Crippen molar-refractivity contribution in [3.63, 3.8) is 0 Å². The number of rotatable bonds is 9. The molecule has 0 N–H and O–H groups in total. The van der Waals surface area contributed by atoms with Crippen LogP contribution in [0, 0.1) is 46.5 Å². The smallest absolute Gasteiger partial charge is 0.343 e. The number of ether oxygens (including phenoxy) is 1. The molecule has 2 fully saturated rings. The van der Waals surface area contributed by atoms with E-state index in [1.807, 2.05) is 0 Å². The van der Waals surface area contributed by atoms with Crippen molar-refractivity contribution in [1.29, 1.82) is 5.26 Å². The van der Waals surface area contributed by atoms with Crippen LogP contribution < -0.4 is 4.74 Å². The maximum absolute atomic E-state index is 15.1. The quantitative estimate of drug-likeness (QED) is 0.192. The van der Waals surface area contributed by atoms with Crippen molar-refractivity contribution in [2.45, 2.75) is 89.9 Å². The van der Waals surface area contributed by atoms with E-state index in [0.717, 1.165) is 49.3 Å². The Bertz CT molecular complexity index is 1120. The van der Waals surface area contributed by atoms with Crippen LogP contribution in [-0.4, -0.2) is 5.97 Å². The average molecular weight is 512 g/mol. The summed E-state index contributed by atoms with van der Waals surface area (Å²) in [5.41, 5.74) is -0.149. The number of carbonyl (C=O) groups is 1. The summed E-state index contributed by atoms with van der Waals surface area (Å²) in [5.74, 6) is -1.61. The number of halogens is 3. The average Bonchev–Trinajstić information content (AvgIpc) is 2.88. The van der Waals surface area contributed by atoms with Gasteiger partial charge in [-0.2, -0.15) is 5.26 Å². The third kappa shape index (κ3) is 6.74. The van der Waals surface area contributed by atoms with Crippen molar-refractivity contribution < 1.29 is 22.7 Å². The van der Waals surface area contributed by atoms with Gasteiger partial charge in [-0.3, -0.25) is 0 Å². The fourth-order valence-electron chi connectivity index (χ4n) is 6.43. The molecule has 37 heavy (non-hydrogen) atoms. The second kappa shape index (κ2) is 12.6. The Hall–Kier alpha value is -2.81. The zero-order valence-corrected chi connectivity index (χ0v) is 21.6. The highest BCUT2D eigenvalue weighted by Gasteiger charge is 2.36. The van der Waals surface area contributed by atoms with Crippen LogP contribution >= 0.6 is 0 Å². The second-order valence-electron chi connectivity index (χ2n) is 10.9. The Labute approximate surface area is 218 Å². The topological polar surface area (TPSA) is 50.1 Å². The molecule has 0 spiro atoms. The monoisotopic (exact) mass is 511 g/mol. The highest BCUT2D eigenvalue weighted by molar-refractivity contribution is 5.91. The number of nitrogens with zero attached hydrogens (tertiary/aromatic N) is 1. The Morgan fingerprint density at radius 2 is 1.62 bits per heavy atom. The molecule has 0 amide bonds. The molecule has 4 rings (SSSR count). The van der Waals surface area contributed by atoms with E-state index in [-0.39, 0.29) is 17.2 Å². The van der Waals surface area contributed by atoms with Gasteiger partial charge in [0.15, 0.2) is 0 Å². The zero-order chi connectivity index (χ0) is 26.4. The highest BCUT2D eigenvalue weighted by Crippen LogP contribution is 2.48. The molecule has 4 atom stereocenters. The van der Waals surface area contributed by atoms with Crippen LogP contribution in [0.2, 0.25) is 0 Å². The first-order chi connectivity index (χ1) is 17.9. The molecule has 0 bridgehead atoms. The molecule has 0 radical (unpaired) electrons. The number of hydrogen-bond acceptors (Lipinski definition) is 3. The van der Waals surface area contributed by atoms with E-state index in [1.165, 1.54) is 69.9 Å². The van der Waals surface area contributed by atoms with Gasteiger partial charge in [-0.1, -0.05) is 57.9 Å². The molecular formula is C31H36F3NO2. The van der Waals surface area contributed by atoms with Gasteiger partial charge in [-0.05, 0) is 73.5 Å². The van der Waals surface area contributed by atoms with Gasteiger partial charge < -0.3 is 4.74 Å².